The summed E-state index contributed by atoms with van der Waals surface area (Å²) in [6.45, 7) is 3.15. The number of amides is 1. The molecule has 0 aliphatic heterocycles. The molecular formula is C14H19NO3. The van der Waals surface area contributed by atoms with Crippen molar-refractivity contribution in [2.24, 2.45) is 0 Å². The van der Waals surface area contributed by atoms with Gasteiger partial charge in [0.1, 0.15) is 5.75 Å². The van der Waals surface area contributed by atoms with Gasteiger partial charge in [-0.1, -0.05) is 19.1 Å². The van der Waals surface area contributed by atoms with Gasteiger partial charge in [-0.25, -0.2) is 0 Å². The molecule has 0 aromatic heterocycles. The fourth-order valence-electron chi connectivity index (χ4n) is 1.77. The third-order valence-corrected chi connectivity index (χ3v) is 2.71. The van der Waals surface area contributed by atoms with Gasteiger partial charge in [0.25, 0.3) is 5.91 Å². The maximum absolute atomic E-state index is 11.4. The van der Waals surface area contributed by atoms with Crippen LogP contribution in [0.2, 0.25) is 0 Å². The summed E-state index contributed by atoms with van der Waals surface area (Å²) in [5.74, 6) is 0.357. The Morgan fingerprint density at radius 2 is 2.17 bits per heavy atom. The molecular weight excluding hydrogens is 230 g/mol. The van der Waals surface area contributed by atoms with Crippen LogP contribution in [0.3, 0.4) is 0 Å². The molecule has 0 saturated carbocycles. The lowest BCUT2D eigenvalue weighted by Gasteiger charge is -2.19. The second kappa shape index (κ2) is 7.48. The summed E-state index contributed by atoms with van der Waals surface area (Å²) >= 11 is 0. The molecule has 4 nitrogen and oxygen atoms in total. The Morgan fingerprint density at radius 3 is 2.78 bits per heavy atom. The number of methoxy groups -OCH3 is 1. The van der Waals surface area contributed by atoms with E-state index in [1.165, 1.54) is 0 Å². The van der Waals surface area contributed by atoms with E-state index in [-0.39, 0.29) is 0 Å². The summed E-state index contributed by atoms with van der Waals surface area (Å²) < 4.78 is 5.14. The van der Waals surface area contributed by atoms with Crippen LogP contribution in [0.15, 0.2) is 24.3 Å². The molecule has 4 heteroatoms. The van der Waals surface area contributed by atoms with Gasteiger partial charge in [-0.3, -0.25) is 9.59 Å². The van der Waals surface area contributed by atoms with Crippen molar-refractivity contribution in [1.82, 2.24) is 4.90 Å². The van der Waals surface area contributed by atoms with E-state index in [1.54, 1.807) is 12.0 Å². The number of carbonyl (C=O) groups excluding carboxylic acids is 2. The van der Waals surface area contributed by atoms with Crippen molar-refractivity contribution in [3.8, 4) is 5.75 Å². The number of aldehydes is 1. The van der Waals surface area contributed by atoms with E-state index in [4.69, 9.17) is 4.74 Å². The van der Waals surface area contributed by atoms with E-state index in [1.807, 2.05) is 31.2 Å². The minimum atomic E-state index is -0.445. The Bertz CT molecular complexity index is 404. The van der Waals surface area contributed by atoms with Crippen molar-refractivity contribution in [3.63, 3.8) is 0 Å². The molecule has 0 fully saturated rings. The standard InChI is InChI=1S/C14H19NO3/c1-3-8-15(14(17)11-16)9-7-12-5-4-6-13(10-12)18-2/h4-6,10-11H,3,7-9H2,1-2H3. The van der Waals surface area contributed by atoms with Crippen molar-refractivity contribution in [2.75, 3.05) is 20.2 Å². The van der Waals surface area contributed by atoms with Crippen molar-refractivity contribution < 1.29 is 14.3 Å². The molecule has 0 aliphatic carbocycles. The fraction of sp³-hybridized carbons (Fsp3) is 0.429. The van der Waals surface area contributed by atoms with Gasteiger partial charge in [0.2, 0.25) is 6.29 Å². The average Bonchev–Trinajstić information content (AvgIpc) is 2.42. The average molecular weight is 249 g/mol. The second-order valence-corrected chi connectivity index (χ2v) is 4.04. The first-order valence-electron chi connectivity index (χ1n) is 6.08. The van der Waals surface area contributed by atoms with Gasteiger partial charge in [0.15, 0.2) is 0 Å². The van der Waals surface area contributed by atoms with Gasteiger partial charge in [0.05, 0.1) is 7.11 Å². The minimum Gasteiger partial charge on any atom is -0.497 e. The maximum atomic E-state index is 11.4. The Hall–Kier alpha value is -1.84. The van der Waals surface area contributed by atoms with E-state index in [9.17, 15) is 9.59 Å². The molecule has 0 saturated heterocycles. The molecule has 98 valence electrons. The smallest absolute Gasteiger partial charge is 0.286 e. The summed E-state index contributed by atoms with van der Waals surface area (Å²) in [6, 6.07) is 7.72. The van der Waals surface area contributed by atoms with E-state index < -0.39 is 5.91 Å². The van der Waals surface area contributed by atoms with Gasteiger partial charge in [-0.15, -0.1) is 0 Å². The molecule has 0 spiro atoms. The van der Waals surface area contributed by atoms with Crippen LogP contribution in [0.4, 0.5) is 0 Å². The highest BCUT2D eigenvalue weighted by molar-refractivity contribution is 6.23. The first-order chi connectivity index (χ1) is 8.71. The van der Waals surface area contributed by atoms with E-state index in [0.717, 1.165) is 24.2 Å². The van der Waals surface area contributed by atoms with E-state index >= 15 is 0 Å². The highest BCUT2D eigenvalue weighted by Crippen LogP contribution is 2.13. The normalized spacial score (nSPS) is 9.89. The number of ether oxygens (including phenoxy) is 1. The third-order valence-electron chi connectivity index (χ3n) is 2.71. The number of benzene rings is 1. The van der Waals surface area contributed by atoms with Crippen molar-refractivity contribution in [3.05, 3.63) is 29.8 Å². The van der Waals surface area contributed by atoms with E-state index in [2.05, 4.69) is 0 Å². The lowest BCUT2D eigenvalue weighted by molar-refractivity contribution is -0.138. The Kier molecular flexibility index (Phi) is 5.91. The molecule has 0 N–H and O–H groups in total. The van der Waals surface area contributed by atoms with Crippen LogP contribution in [0.25, 0.3) is 0 Å². The zero-order chi connectivity index (χ0) is 13.4. The molecule has 0 heterocycles. The fourth-order valence-corrected chi connectivity index (χ4v) is 1.77. The largest absolute Gasteiger partial charge is 0.497 e. The molecule has 1 aromatic carbocycles. The number of carbonyl (C=O) groups is 2. The number of nitrogens with zero attached hydrogens (tertiary/aromatic N) is 1. The van der Waals surface area contributed by atoms with Crippen LogP contribution < -0.4 is 4.74 Å². The topological polar surface area (TPSA) is 46.6 Å². The van der Waals surface area contributed by atoms with Crippen molar-refractivity contribution >= 4 is 12.2 Å². The quantitative estimate of drug-likeness (QED) is 0.545. The highest BCUT2D eigenvalue weighted by atomic mass is 16.5. The van der Waals surface area contributed by atoms with Crippen LogP contribution >= 0.6 is 0 Å². The summed E-state index contributed by atoms with van der Waals surface area (Å²) in [4.78, 5) is 23.5. The summed E-state index contributed by atoms with van der Waals surface area (Å²) in [7, 11) is 1.62. The van der Waals surface area contributed by atoms with Gasteiger partial charge in [-0.05, 0) is 30.5 Å². The van der Waals surface area contributed by atoms with Gasteiger partial charge in [0, 0.05) is 13.1 Å². The van der Waals surface area contributed by atoms with Gasteiger partial charge in [-0.2, -0.15) is 0 Å². The highest BCUT2D eigenvalue weighted by Gasteiger charge is 2.11. The van der Waals surface area contributed by atoms with Gasteiger partial charge >= 0.3 is 0 Å². The maximum Gasteiger partial charge on any atom is 0.286 e. The molecule has 1 amide bonds. The van der Waals surface area contributed by atoms with Gasteiger partial charge < -0.3 is 9.64 Å². The predicted octanol–water partition coefficient (Wildman–Crippen LogP) is 1.68. The number of rotatable bonds is 7. The molecule has 1 aromatic rings. The first kappa shape index (κ1) is 14.2. The molecule has 0 atom stereocenters. The molecule has 1 rings (SSSR count). The summed E-state index contributed by atoms with van der Waals surface area (Å²) in [5.41, 5.74) is 1.09. The second-order valence-electron chi connectivity index (χ2n) is 4.04. The summed E-state index contributed by atoms with van der Waals surface area (Å²) in [6.07, 6.45) is 1.94. The first-order valence-corrected chi connectivity index (χ1v) is 6.08. The molecule has 0 unspecified atom stereocenters. The number of hydrogen-bond donors (Lipinski definition) is 0. The Labute approximate surface area is 108 Å². The minimum absolute atomic E-state index is 0.376. The lowest BCUT2D eigenvalue weighted by atomic mass is 10.1. The monoisotopic (exact) mass is 249 g/mol. The molecule has 0 aliphatic rings. The molecule has 0 radical (unpaired) electrons. The SMILES string of the molecule is CCCN(CCc1cccc(OC)c1)C(=O)C=O. The van der Waals surface area contributed by atoms with Crippen LogP contribution in [0.5, 0.6) is 5.75 Å². The van der Waals surface area contributed by atoms with Crippen molar-refractivity contribution in [1.29, 1.82) is 0 Å². The van der Waals surface area contributed by atoms with Crippen LogP contribution in [0.1, 0.15) is 18.9 Å². The Morgan fingerprint density at radius 1 is 1.39 bits per heavy atom. The summed E-state index contributed by atoms with van der Waals surface area (Å²) in [5, 5.41) is 0. The van der Waals surface area contributed by atoms with Crippen LogP contribution in [-0.4, -0.2) is 37.3 Å². The lowest BCUT2D eigenvalue weighted by Crippen LogP contribution is -2.34. The zero-order valence-corrected chi connectivity index (χ0v) is 10.9. The third kappa shape index (κ3) is 4.20. The van der Waals surface area contributed by atoms with Crippen molar-refractivity contribution in [2.45, 2.75) is 19.8 Å². The Balaban J connectivity index is 2.60. The number of hydrogen-bond acceptors (Lipinski definition) is 3. The van der Waals surface area contributed by atoms with Crippen LogP contribution in [0, 0.1) is 0 Å². The predicted molar refractivity (Wildman–Crippen MR) is 69.6 cm³/mol. The molecule has 18 heavy (non-hydrogen) atoms. The molecule has 0 bridgehead atoms. The van der Waals surface area contributed by atoms with Crippen LogP contribution in [-0.2, 0) is 16.0 Å². The van der Waals surface area contributed by atoms with E-state index in [0.29, 0.717) is 19.4 Å². The zero-order valence-electron chi connectivity index (χ0n) is 10.9.